The van der Waals surface area contributed by atoms with Crippen LogP contribution in [0.4, 0.5) is 0 Å². The molecular formula is C20H17ClN4O2. The fourth-order valence-corrected chi connectivity index (χ4v) is 2.75. The molecule has 7 heteroatoms. The van der Waals surface area contributed by atoms with Crippen LogP contribution in [-0.4, -0.2) is 21.4 Å². The van der Waals surface area contributed by atoms with Crippen LogP contribution in [0.15, 0.2) is 48.8 Å². The van der Waals surface area contributed by atoms with Gasteiger partial charge in [0.05, 0.1) is 29.5 Å². The molecule has 0 N–H and O–H groups in total. The van der Waals surface area contributed by atoms with Crippen molar-refractivity contribution >= 4 is 11.6 Å². The Balaban J connectivity index is 1.47. The molecule has 0 bridgehead atoms. The van der Waals surface area contributed by atoms with E-state index in [1.807, 2.05) is 18.2 Å². The Morgan fingerprint density at radius 1 is 1.15 bits per heavy atom. The summed E-state index contributed by atoms with van der Waals surface area (Å²) in [4.78, 5) is 4.25. The molecule has 1 aliphatic rings. The van der Waals surface area contributed by atoms with E-state index in [4.69, 9.17) is 26.3 Å². The quantitative estimate of drug-likeness (QED) is 0.615. The first-order chi connectivity index (χ1) is 13.2. The summed E-state index contributed by atoms with van der Waals surface area (Å²) in [6.45, 7) is 1.04. The van der Waals surface area contributed by atoms with Gasteiger partial charge in [-0.25, -0.2) is 4.98 Å². The first kappa shape index (κ1) is 17.4. The van der Waals surface area contributed by atoms with Gasteiger partial charge in [-0.05, 0) is 42.5 Å². The monoisotopic (exact) mass is 380 g/mol. The number of aromatic nitrogens is 3. The SMILES string of the molecule is N#Cc1ccnc(-n2nccc2OCc2ccc(Cl)c(OCC3CC3)c2)c1. The summed E-state index contributed by atoms with van der Waals surface area (Å²) in [5, 5.41) is 13.9. The Bertz CT molecular complexity index is 992. The van der Waals surface area contributed by atoms with Crippen molar-refractivity contribution in [2.45, 2.75) is 19.4 Å². The maximum Gasteiger partial charge on any atom is 0.218 e. The van der Waals surface area contributed by atoms with Crippen LogP contribution in [0.3, 0.4) is 0 Å². The minimum absolute atomic E-state index is 0.334. The van der Waals surface area contributed by atoms with Gasteiger partial charge in [0.15, 0.2) is 5.82 Å². The Labute approximate surface area is 161 Å². The number of hydrogen-bond acceptors (Lipinski definition) is 5. The lowest BCUT2D eigenvalue weighted by Crippen LogP contribution is -2.05. The van der Waals surface area contributed by atoms with Crippen molar-refractivity contribution in [1.82, 2.24) is 14.8 Å². The Kier molecular flexibility index (Phi) is 4.95. The molecule has 0 aliphatic heterocycles. The van der Waals surface area contributed by atoms with E-state index in [1.165, 1.54) is 12.8 Å². The average molecular weight is 381 g/mol. The summed E-state index contributed by atoms with van der Waals surface area (Å²) in [5.74, 6) is 2.40. The molecule has 2 aromatic heterocycles. The van der Waals surface area contributed by atoms with E-state index in [0.717, 1.165) is 5.56 Å². The predicted molar refractivity (Wildman–Crippen MR) is 100 cm³/mol. The zero-order valence-corrected chi connectivity index (χ0v) is 15.3. The van der Waals surface area contributed by atoms with Gasteiger partial charge in [-0.2, -0.15) is 15.0 Å². The lowest BCUT2D eigenvalue weighted by Gasteiger charge is -2.11. The highest BCUT2D eigenvalue weighted by Crippen LogP contribution is 2.32. The van der Waals surface area contributed by atoms with E-state index in [9.17, 15) is 0 Å². The highest BCUT2D eigenvalue weighted by Gasteiger charge is 2.22. The molecule has 0 radical (unpaired) electrons. The lowest BCUT2D eigenvalue weighted by molar-refractivity contribution is 0.280. The molecule has 1 fully saturated rings. The Morgan fingerprint density at radius 3 is 2.85 bits per heavy atom. The first-order valence-corrected chi connectivity index (χ1v) is 9.05. The van der Waals surface area contributed by atoms with Crippen LogP contribution in [0.1, 0.15) is 24.0 Å². The molecule has 0 unspecified atom stereocenters. The van der Waals surface area contributed by atoms with Crippen molar-refractivity contribution in [2.75, 3.05) is 6.61 Å². The summed E-state index contributed by atoms with van der Waals surface area (Å²) >= 11 is 6.22. The molecule has 27 heavy (non-hydrogen) atoms. The number of hydrogen-bond donors (Lipinski definition) is 0. The van der Waals surface area contributed by atoms with Crippen molar-refractivity contribution in [3.63, 3.8) is 0 Å². The van der Waals surface area contributed by atoms with E-state index >= 15 is 0 Å². The molecule has 0 saturated heterocycles. The van der Waals surface area contributed by atoms with E-state index in [1.54, 1.807) is 35.3 Å². The molecule has 6 nitrogen and oxygen atoms in total. The summed E-state index contributed by atoms with van der Waals surface area (Å²) in [5.41, 5.74) is 1.45. The fourth-order valence-electron chi connectivity index (χ4n) is 2.57. The summed E-state index contributed by atoms with van der Waals surface area (Å²) < 4.78 is 13.3. The lowest BCUT2D eigenvalue weighted by atomic mass is 10.2. The topological polar surface area (TPSA) is 73.0 Å². The standard InChI is InChI=1S/C20H17ClN4O2/c21-17-4-3-16(9-18(17)26-12-14-1-2-14)13-27-20-6-8-24-25(20)19-10-15(11-22)5-7-23-19/h3-10,14H,1-2,12-13H2. The van der Waals surface area contributed by atoms with Crippen molar-refractivity contribution in [3.05, 3.63) is 64.9 Å². The average Bonchev–Trinajstić information content (AvgIpc) is 3.41. The van der Waals surface area contributed by atoms with Gasteiger partial charge in [-0.3, -0.25) is 0 Å². The molecule has 1 aromatic carbocycles. The zero-order valence-electron chi connectivity index (χ0n) is 14.5. The third kappa shape index (κ3) is 4.21. The van der Waals surface area contributed by atoms with Crippen LogP contribution in [0.5, 0.6) is 11.6 Å². The van der Waals surface area contributed by atoms with E-state index in [2.05, 4.69) is 16.2 Å². The molecule has 136 valence electrons. The van der Waals surface area contributed by atoms with Gasteiger partial charge in [0.25, 0.3) is 0 Å². The molecule has 0 spiro atoms. The summed E-state index contributed by atoms with van der Waals surface area (Å²) in [6.07, 6.45) is 5.65. The van der Waals surface area contributed by atoms with Crippen LogP contribution in [0.25, 0.3) is 5.82 Å². The summed E-state index contributed by atoms with van der Waals surface area (Å²) in [6, 6.07) is 12.8. The van der Waals surface area contributed by atoms with E-state index in [-0.39, 0.29) is 0 Å². The highest BCUT2D eigenvalue weighted by molar-refractivity contribution is 6.32. The molecular weight excluding hydrogens is 364 g/mol. The molecule has 4 rings (SSSR count). The fraction of sp³-hybridized carbons (Fsp3) is 0.250. The number of benzene rings is 1. The van der Waals surface area contributed by atoms with Crippen molar-refractivity contribution in [3.8, 4) is 23.5 Å². The zero-order chi connectivity index (χ0) is 18.6. The summed E-state index contributed by atoms with van der Waals surface area (Å²) in [7, 11) is 0. The molecule has 1 aliphatic carbocycles. The number of nitrogens with zero attached hydrogens (tertiary/aromatic N) is 4. The van der Waals surface area contributed by atoms with Crippen LogP contribution in [0.2, 0.25) is 5.02 Å². The van der Waals surface area contributed by atoms with Gasteiger partial charge < -0.3 is 9.47 Å². The number of halogens is 1. The second kappa shape index (κ2) is 7.68. The molecule has 1 saturated carbocycles. The first-order valence-electron chi connectivity index (χ1n) is 8.67. The number of ether oxygens (including phenoxy) is 2. The minimum Gasteiger partial charge on any atom is -0.492 e. The molecule has 3 aromatic rings. The minimum atomic E-state index is 0.334. The highest BCUT2D eigenvalue weighted by atomic mass is 35.5. The van der Waals surface area contributed by atoms with Crippen LogP contribution < -0.4 is 9.47 Å². The number of pyridine rings is 1. The van der Waals surface area contributed by atoms with Crippen LogP contribution in [0, 0.1) is 17.2 Å². The largest absolute Gasteiger partial charge is 0.492 e. The van der Waals surface area contributed by atoms with Gasteiger partial charge in [-0.1, -0.05) is 17.7 Å². The van der Waals surface area contributed by atoms with Crippen molar-refractivity contribution < 1.29 is 9.47 Å². The number of nitriles is 1. The van der Waals surface area contributed by atoms with Gasteiger partial charge in [0, 0.05) is 18.3 Å². The van der Waals surface area contributed by atoms with E-state index < -0.39 is 0 Å². The maximum absolute atomic E-state index is 9.05. The number of rotatable bonds is 7. The van der Waals surface area contributed by atoms with E-state index in [0.29, 0.717) is 47.2 Å². The third-order valence-corrected chi connectivity index (χ3v) is 4.57. The van der Waals surface area contributed by atoms with Crippen molar-refractivity contribution in [1.29, 1.82) is 5.26 Å². The normalized spacial score (nSPS) is 13.2. The van der Waals surface area contributed by atoms with Gasteiger partial charge in [-0.15, -0.1) is 0 Å². The third-order valence-electron chi connectivity index (χ3n) is 4.25. The second-order valence-electron chi connectivity index (χ2n) is 6.40. The molecule has 0 amide bonds. The van der Waals surface area contributed by atoms with Gasteiger partial charge in [0.2, 0.25) is 5.88 Å². The second-order valence-corrected chi connectivity index (χ2v) is 6.81. The van der Waals surface area contributed by atoms with Gasteiger partial charge >= 0.3 is 0 Å². The van der Waals surface area contributed by atoms with Crippen molar-refractivity contribution in [2.24, 2.45) is 5.92 Å². The maximum atomic E-state index is 9.05. The smallest absolute Gasteiger partial charge is 0.218 e. The Hall–Kier alpha value is -3.04. The van der Waals surface area contributed by atoms with Crippen LogP contribution >= 0.6 is 11.6 Å². The van der Waals surface area contributed by atoms with Crippen LogP contribution in [-0.2, 0) is 6.61 Å². The molecule has 2 heterocycles. The van der Waals surface area contributed by atoms with Gasteiger partial charge in [0.1, 0.15) is 12.4 Å². The molecule has 0 atom stereocenters. The Morgan fingerprint density at radius 2 is 2.04 bits per heavy atom. The predicted octanol–water partition coefficient (Wildman–Crippen LogP) is 4.16.